The highest BCUT2D eigenvalue weighted by Gasteiger charge is 2.47. The third-order valence-corrected chi connectivity index (χ3v) is 7.23. The molecule has 2 N–H and O–H groups in total. The van der Waals surface area contributed by atoms with Crippen molar-refractivity contribution < 1.29 is 15.0 Å². The predicted octanol–water partition coefficient (Wildman–Crippen LogP) is 2.85. The number of carbonyl (C=O) groups is 1. The van der Waals surface area contributed by atoms with Gasteiger partial charge in [-0.3, -0.25) is 9.69 Å². The van der Waals surface area contributed by atoms with Crippen molar-refractivity contribution in [2.24, 2.45) is 11.8 Å². The van der Waals surface area contributed by atoms with Gasteiger partial charge in [0.1, 0.15) is 5.75 Å². The van der Waals surface area contributed by atoms with Gasteiger partial charge in [-0.2, -0.15) is 0 Å². The number of hydrogen-bond donors (Lipinski definition) is 2. The van der Waals surface area contributed by atoms with Crippen molar-refractivity contribution in [2.75, 3.05) is 26.2 Å². The molecule has 5 heteroatoms. The van der Waals surface area contributed by atoms with Crippen LogP contribution in [0.3, 0.4) is 0 Å². The number of rotatable bonds is 2. The summed E-state index contributed by atoms with van der Waals surface area (Å²) in [6.45, 7) is 2.65. The minimum atomic E-state index is -0.0843. The summed E-state index contributed by atoms with van der Waals surface area (Å²) in [7, 11) is 0. The van der Waals surface area contributed by atoms with E-state index in [0.717, 1.165) is 36.7 Å². The van der Waals surface area contributed by atoms with Gasteiger partial charge in [-0.15, -0.1) is 0 Å². The van der Waals surface area contributed by atoms with Gasteiger partial charge in [0, 0.05) is 30.6 Å². The van der Waals surface area contributed by atoms with Crippen molar-refractivity contribution in [3.8, 4) is 5.75 Å². The summed E-state index contributed by atoms with van der Waals surface area (Å²) in [6, 6.07) is 11.9. The third kappa shape index (κ3) is 2.80. The SMILES string of the molecule is O=C(c1ccc2ccccc2c1O)N1C[C@H]2C[C@@H](C1)[C@H](CO)N1CCCC[C@@H]21. The molecule has 0 spiro atoms. The zero-order valence-corrected chi connectivity index (χ0v) is 16.1. The molecular weight excluding hydrogens is 352 g/mol. The van der Waals surface area contributed by atoms with E-state index in [2.05, 4.69) is 4.90 Å². The largest absolute Gasteiger partial charge is 0.506 e. The number of phenolic OH excluding ortho intramolecular Hbond substituents is 1. The molecule has 4 atom stereocenters. The minimum Gasteiger partial charge on any atom is -0.506 e. The van der Waals surface area contributed by atoms with Crippen LogP contribution in [0.15, 0.2) is 36.4 Å². The standard InChI is InChI=1S/C23H28N2O3/c26-14-21-17-11-16(20-7-3-4-10-25(20)21)12-24(13-17)23(28)19-9-8-15-5-1-2-6-18(15)22(19)27/h1-2,5-6,8-9,16-17,20-21,26-27H,3-4,7,10-14H2/t16-,17+,20+,21+/m1/s1. The molecule has 3 aliphatic rings. The van der Waals surface area contributed by atoms with Crippen molar-refractivity contribution in [1.82, 2.24) is 9.80 Å². The molecule has 148 valence electrons. The van der Waals surface area contributed by atoms with Gasteiger partial charge in [-0.1, -0.05) is 36.8 Å². The Morgan fingerprint density at radius 3 is 2.75 bits per heavy atom. The summed E-state index contributed by atoms with van der Waals surface area (Å²) >= 11 is 0. The number of amides is 1. The second-order valence-electron chi connectivity index (χ2n) is 8.70. The lowest BCUT2D eigenvalue weighted by Crippen LogP contribution is -2.65. The Hall–Kier alpha value is -2.11. The maximum Gasteiger partial charge on any atom is 0.257 e. The van der Waals surface area contributed by atoms with Gasteiger partial charge < -0.3 is 15.1 Å². The molecule has 2 aromatic carbocycles. The average Bonchev–Trinajstić information content (AvgIpc) is 2.74. The van der Waals surface area contributed by atoms with E-state index in [-0.39, 0.29) is 24.3 Å². The molecule has 0 radical (unpaired) electrons. The summed E-state index contributed by atoms with van der Waals surface area (Å²) in [6.07, 6.45) is 4.71. The zero-order valence-electron chi connectivity index (χ0n) is 16.1. The van der Waals surface area contributed by atoms with Crippen LogP contribution in [-0.2, 0) is 0 Å². The molecule has 0 aromatic heterocycles. The summed E-state index contributed by atoms with van der Waals surface area (Å²) in [5.74, 6) is 0.772. The molecule has 0 aliphatic carbocycles. The van der Waals surface area contributed by atoms with Gasteiger partial charge in [0.05, 0.1) is 12.2 Å². The lowest BCUT2D eigenvalue weighted by atomic mass is 9.72. The van der Waals surface area contributed by atoms with Crippen LogP contribution < -0.4 is 0 Å². The van der Waals surface area contributed by atoms with E-state index in [9.17, 15) is 15.0 Å². The van der Waals surface area contributed by atoms with Crippen LogP contribution >= 0.6 is 0 Å². The van der Waals surface area contributed by atoms with E-state index < -0.39 is 0 Å². The van der Waals surface area contributed by atoms with Gasteiger partial charge in [-0.05, 0) is 49.1 Å². The summed E-state index contributed by atoms with van der Waals surface area (Å²) in [4.78, 5) is 17.8. The predicted molar refractivity (Wildman–Crippen MR) is 108 cm³/mol. The monoisotopic (exact) mass is 380 g/mol. The van der Waals surface area contributed by atoms with E-state index in [0.29, 0.717) is 30.0 Å². The summed E-state index contributed by atoms with van der Waals surface area (Å²) in [5, 5.41) is 22.5. The highest BCUT2D eigenvalue weighted by Crippen LogP contribution is 2.41. The van der Waals surface area contributed by atoms with Crippen molar-refractivity contribution in [1.29, 1.82) is 0 Å². The third-order valence-electron chi connectivity index (χ3n) is 7.23. The molecule has 2 aromatic rings. The molecule has 5 nitrogen and oxygen atoms in total. The van der Waals surface area contributed by atoms with Gasteiger partial charge >= 0.3 is 0 Å². The first kappa shape index (κ1) is 18.0. The zero-order chi connectivity index (χ0) is 19.3. The molecule has 3 heterocycles. The number of piperidine rings is 3. The highest BCUT2D eigenvalue weighted by molar-refractivity contribution is 6.03. The van der Waals surface area contributed by atoms with Crippen molar-refractivity contribution in [3.63, 3.8) is 0 Å². The number of likely N-dealkylation sites (tertiary alicyclic amines) is 1. The number of nitrogens with zero attached hydrogens (tertiary/aromatic N) is 2. The maximum atomic E-state index is 13.3. The molecular formula is C23H28N2O3. The molecule has 0 saturated carbocycles. The van der Waals surface area contributed by atoms with E-state index >= 15 is 0 Å². The van der Waals surface area contributed by atoms with E-state index in [4.69, 9.17) is 0 Å². The quantitative estimate of drug-likeness (QED) is 0.841. The van der Waals surface area contributed by atoms with Gasteiger partial charge in [0.2, 0.25) is 0 Å². The first-order chi connectivity index (χ1) is 13.7. The van der Waals surface area contributed by atoms with Crippen molar-refractivity contribution >= 4 is 16.7 Å². The molecule has 2 bridgehead atoms. The van der Waals surface area contributed by atoms with Crippen molar-refractivity contribution in [2.45, 2.75) is 37.8 Å². The number of fused-ring (bicyclic) bond motifs is 5. The lowest BCUT2D eigenvalue weighted by Gasteiger charge is -2.56. The van der Waals surface area contributed by atoms with E-state index in [1.54, 1.807) is 6.07 Å². The summed E-state index contributed by atoms with van der Waals surface area (Å²) < 4.78 is 0. The first-order valence-corrected chi connectivity index (χ1v) is 10.5. The number of aliphatic hydroxyl groups is 1. The normalized spacial score (nSPS) is 30.2. The van der Waals surface area contributed by atoms with Crippen molar-refractivity contribution in [3.05, 3.63) is 42.0 Å². The van der Waals surface area contributed by atoms with E-state index in [1.165, 1.54) is 12.8 Å². The summed E-state index contributed by atoms with van der Waals surface area (Å²) in [5.41, 5.74) is 0.389. The molecule has 28 heavy (non-hydrogen) atoms. The van der Waals surface area contributed by atoms with Crippen LogP contribution in [0.5, 0.6) is 5.75 Å². The minimum absolute atomic E-state index is 0.0804. The van der Waals surface area contributed by atoms with Crippen LogP contribution in [0.25, 0.3) is 10.8 Å². The number of aliphatic hydroxyl groups excluding tert-OH is 1. The topological polar surface area (TPSA) is 64.0 Å². The number of benzene rings is 2. The second kappa shape index (κ2) is 7.05. The molecule has 3 saturated heterocycles. The number of phenols is 1. The molecule has 1 amide bonds. The first-order valence-electron chi connectivity index (χ1n) is 10.5. The van der Waals surface area contributed by atoms with Crippen LogP contribution in [0.4, 0.5) is 0 Å². The van der Waals surface area contributed by atoms with Crippen LogP contribution in [0.1, 0.15) is 36.0 Å². The number of carbonyl (C=O) groups excluding carboxylic acids is 1. The van der Waals surface area contributed by atoms with E-state index in [1.807, 2.05) is 35.2 Å². The Labute approximate surface area is 165 Å². The fourth-order valence-electron chi connectivity index (χ4n) is 5.92. The molecule has 3 fully saturated rings. The Morgan fingerprint density at radius 1 is 1.07 bits per heavy atom. The van der Waals surface area contributed by atoms with Gasteiger partial charge in [0.25, 0.3) is 5.91 Å². The fourth-order valence-corrected chi connectivity index (χ4v) is 5.92. The Balaban J connectivity index is 1.44. The Morgan fingerprint density at radius 2 is 1.89 bits per heavy atom. The second-order valence-corrected chi connectivity index (χ2v) is 8.70. The van der Waals surface area contributed by atoms with Gasteiger partial charge in [-0.25, -0.2) is 0 Å². The van der Waals surface area contributed by atoms with Gasteiger partial charge in [0.15, 0.2) is 0 Å². The van der Waals surface area contributed by atoms with Crippen LogP contribution in [0, 0.1) is 11.8 Å². The smallest absolute Gasteiger partial charge is 0.257 e. The molecule has 0 unspecified atom stereocenters. The number of hydrogen-bond acceptors (Lipinski definition) is 4. The fraction of sp³-hybridized carbons (Fsp3) is 0.522. The molecule has 3 aliphatic heterocycles. The highest BCUT2D eigenvalue weighted by atomic mass is 16.3. The van der Waals surface area contributed by atoms with Crippen LogP contribution in [0.2, 0.25) is 0 Å². The Bertz CT molecular complexity index is 885. The number of aromatic hydroxyl groups is 1. The average molecular weight is 380 g/mol. The van der Waals surface area contributed by atoms with Crippen LogP contribution in [-0.4, -0.2) is 64.2 Å². The Kier molecular flexibility index (Phi) is 4.52. The lowest BCUT2D eigenvalue weighted by molar-refractivity contribution is -0.0795. The molecule has 5 rings (SSSR count). The maximum absolute atomic E-state index is 13.3.